The van der Waals surface area contributed by atoms with Crippen LogP contribution in [0.5, 0.6) is 0 Å². The maximum absolute atomic E-state index is 12.4. The van der Waals surface area contributed by atoms with Crippen LogP contribution in [0.25, 0.3) is 0 Å². The molecule has 0 atom stereocenters. The van der Waals surface area contributed by atoms with Gasteiger partial charge in [-0.2, -0.15) is 0 Å². The van der Waals surface area contributed by atoms with Crippen molar-refractivity contribution in [2.75, 3.05) is 10.6 Å². The largest absolute Gasteiger partial charge is 0.351 e. The molecule has 0 fully saturated rings. The molecule has 1 heterocycles. The number of rotatable bonds is 6. The summed E-state index contributed by atoms with van der Waals surface area (Å²) in [4.78, 5) is 25.2. The van der Waals surface area contributed by atoms with E-state index in [1.54, 1.807) is 35.6 Å². The highest BCUT2D eigenvalue weighted by Gasteiger charge is 2.13. The summed E-state index contributed by atoms with van der Waals surface area (Å²) in [6, 6.07) is 8.20. The highest BCUT2D eigenvalue weighted by Crippen LogP contribution is 2.25. The summed E-state index contributed by atoms with van der Waals surface area (Å²) < 4.78 is 0. The second-order valence-corrected chi connectivity index (χ2v) is 6.32. The molecule has 4 N–H and O–H groups in total. The van der Waals surface area contributed by atoms with Crippen LogP contribution in [0.1, 0.15) is 40.4 Å². The molecule has 0 unspecified atom stereocenters. The molecule has 122 valence electrons. The van der Waals surface area contributed by atoms with Crippen LogP contribution in [0, 0.1) is 0 Å². The van der Waals surface area contributed by atoms with E-state index in [4.69, 9.17) is 5.73 Å². The van der Waals surface area contributed by atoms with Gasteiger partial charge < -0.3 is 16.4 Å². The number of nitrogens with one attached hydrogen (secondary N) is 2. The zero-order valence-corrected chi connectivity index (χ0v) is 14.1. The second kappa shape index (κ2) is 7.78. The quantitative estimate of drug-likeness (QED) is 0.747. The van der Waals surface area contributed by atoms with E-state index in [2.05, 4.69) is 24.5 Å². The number of carbonyl (C=O) groups is 2. The molecule has 0 saturated carbocycles. The third kappa shape index (κ3) is 4.56. The SMILES string of the molecule is CCCc1sc(C(=O)Nc2ccc(NC(N)=O)cc2)cc1CC. The first kappa shape index (κ1) is 17.0. The van der Waals surface area contributed by atoms with Gasteiger partial charge in [0.2, 0.25) is 0 Å². The van der Waals surface area contributed by atoms with Crippen molar-refractivity contribution in [1.29, 1.82) is 0 Å². The number of hydrogen-bond acceptors (Lipinski definition) is 3. The van der Waals surface area contributed by atoms with Gasteiger partial charge in [0.1, 0.15) is 0 Å². The third-order valence-electron chi connectivity index (χ3n) is 3.39. The topological polar surface area (TPSA) is 84.2 Å². The molecule has 1 aromatic heterocycles. The lowest BCUT2D eigenvalue weighted by atomic mass is 10.1. The van der Waals surface area contributed by atoms with Gasteiger partial charge in [-0.1, -0.05) is 20.3 Å². The first-order valence-electron chi connectivity index (χ1n) is 7.63. The molecule has 2 aromatic rings. The number of benzene rings is 1. The molecule has 0 saturated heterocycles. The van der Waals surface area contributed by atoms with Crippen molar-refractivity contribution in [2.45, 2.75) is 33.1 Å². The predicted octanol–water partition coefficient (Wildman–Crippen LogP) is 4.01. The van der Waals surface area contributed by atoms with E-state index in [1.807, 2.05) is 6.07 Å². The molecule has 0 spiro atoms. The first-order chi connectivity index (χ1) is 11.0. The van der Waals surface area contributed by atoms with Gasteiger partial charge in [0.05, 0.1) is 4.88 Å². The van der Waals surface area contributed by atoms with E-state index in [-0.39, 0.29) is 5.91 Å². The summed E-state index contributed by atoms with van der Waals surface area (Å²) >= 11 is 1.56. The number of thiophene rings is 1. The smallest absolute Gasteiger partial charge is 0.316 e. The Morgan fingerprint density at radius 2 is 1.70 bits per heavy atom. The number of aryl methyl sites for hydroxylation is 2. The summed E-state index contributed by atoms with van der Waals surface area (Å²) in [7, 11) is 0. The van der Waals surface area contributed by atoms with Crippen LogP contribution in [0.4, 0.5) is 16.2 Å². The van der Waals surface area contributed by atoms with Crippen LogP contribution in [0.15, 0.2) is 30.3 Å². The van der Waals surface area contributed by atoms with Crippen molar-refractivity contribution in [1.82, 2.24) is 0 Å². The van der Waals surface area contributed by atoms with E-state index in [0.29, 0.717) is 11.4 Å². The number of nitrogens with two attached hydrogens (primary N) is 1. The number of urea groups is 1. The Morgan fingerprint density at radius 1 is 1.09 bits per heavy atom. The Morgan fingerprint density at radius 3 is 2.22 bits per heavy atom. The van der Waals surface area contributed by atoms with Gasteiger partial charge in [-0.3, -0.25) is 4.79 Å². The number of hydrogen-bond donors (Lipinski definition) is 3. The van der Waals surface area contributed by atoms with Gasteiger partial charge in [-0.05, 0) is 48.7 Å². The molecule has 0 bridgehead atoms. The summed E-state index contributed by atoms with van der Waals surface area (Å²) in [5.41, 5.74) is 7.57. The van der Waals surface area contributed by atoms with E-state index in [0.717, 1.165) is 24.1 Å². The van der Waals surface area contributed by atoms with Crippen molar-refractivity contribution in [3.63, 3.8) is 0 Å². The molecule has 0 aliphatic carbocycles. The molecule has 0 radical (unpaired) electrons. The number of anilines is 2. The molecular formula is C17H21N3O2S. The zero-order valence-electron chi connectivity index (χ0n) is 13.3. The molecule has 0 aliphatic rings. The van der Waals surface area contributed by atoms with Crippen LogP contribution in [0.3, 0.4) is 0 Å². The standard InChI is InChI=1S/C17H21N3O2S/c1-3-5-14-11(4-2)10-15(23-14)16(21)19-12-6-8-13(9-7-12)20-17(18)22/h6-10H,3-5H2,1-2H3,(H,19,21)(H3,18,20,22). The maximum Gasteiger partial charge on any atom is 0.316 e. The Balaban J connectivity index is 2.08. The summed E-state index contributed by atoms with van der Waals surface area (Å²) in [5.74, 6) is -0.109. The Hall–Kier alpha value is -2.34. The molecular weight excluding hydrogens is 310 g/mol. The Kier molecular flexibility index (Phi) is 5.76. The fourth-order valence-corrected chi connectivity index (χ4v) is 3.54. The van der Waals surface area contributed by atoms with Crippen molar-refractivity contribution in [3.8, 4) is 0 Å². The fraction of sp³-hybridized carbons (Fsp3) is 0.294. The maximum atomic E-state index is 12.4. The number of carbonyl (C=O) groups excluding carboxylic acids is 2. The summed E-state index contributed by atoms with van der Waals surface area (Å²) in [6.07, 6.45) is 3.02. The molecule has 1 aromatic carbocycles. The van der Waals surface area contributed by atoms with Crippen molar-refractivity contribution in [3.05, 3.63) is 45.6 Å². The molecule has 2 rings (SSSR count). The molecule has 0 aliphatic heterocycles. The average Bonchev–Trinajstić information content (AvgIpc) is 2.92. The highest BCUT2D eigenvalue weighted by molar-refractivity contribution is 7.14. The van der Waals surface area contributed by atoms with Gasteiger partial charge in [-0.15, -0.1) is 11.3 Å². The van der Waals surface area contributed by atoms with Crippen molar-refractivity contribution in [2.24, 2.45) is 5.73 Å². The minimum absolute atomic E-state index is 0.109. The minimum atomic E-state index is -0.615. The van der Waals surface area contributed by atoms with E-state index < -0.39 is 6.03 Å². The van der Waals surface area contributed by atoms with Crippen molar-refractivity contribution < 1.29 is 9.59 Å². The fourth-order valence-electron chi connectivity index (χ4n) is 2.29. The Bertz CT molecular complexity index is 692. The van der Waals surface area contributed by atoms with Crippen LogP contribution in [-0.4, -0.2) is 11.9 Å². The van der Waals surface area contributed by atoms with Gasteiger partial charge in [0, 0.05) is 16.3 Å². The van der Waals surface area contributed by atoms with E-state index in [1.165, 1.54) is 10.4 Å². The summed E-state index contributed by atoms with van der Waals surface area (Å²) in [6.45, 7) is 4.24. The molecule has 23 heavy (non-hydrogen) atoms. The summed E-state index contributed by atoms with van der Waals surface area (Å²) in [5, 5.41) is 5.35. The Labute approximate surface area is 139 Å². The van der Waals surface area contributed by atoms with Crippen LogP contribution < -0.4 is 16.4 Å². The third-order valence-corrected chi connectivity index (χ3v) is 4.62. The minimum Gasteiger partial charge on any atom is -0.351 e. The lowest BCUT2D eigenvalue weighted by molar-refractivity contribution is 0.103. The number of amides is 3. The van der Waals surface area contributed by atoms with Crippen LogP contribution in [-0.2, 0) is 12.8 Å². The molecule has 6 heteroatoms. The second-order valence-electron chi connectivity index (χ2n) is 5.18. The van der Waals surface area contributed by atoms with Crippen LogP contribution in [0.2, 0.25) is 0 Å². The zero-order chi connectivity index (χ0) is 16.8. The monoisotopic (exact) mass is 331 g/mol. The van der Waals surface area contributed by atoms with E-state index in [9.17, 15) is 9.59 Å². The van der Waals surface area contributed by atoms with E-state index >= 15 is 0 Å². The van der Waals surface area contributed by atoms with Crippen LogP contribution >= 0.6 is 11.3 Å². The normalized spacial score (nSPS) is 10.3. The lowest BCUT2D eigenvalue weighted by Crippen LogP contribution is -2.19. The predicted molar refractivity (Wildman–Crippen MR) is 95.3 cm³/mol. The number of primary amides is 1. The lowest BCUT2D eigenvalue weighted by Gasteiger charge is -2.05. The molecule has 5 nitrogen and oxygen atoms in total. The van der Waals surface area contributed by atoms with Gasteiger partial charge in [0.15, 0.2) is 0 Å². The van der Waals surface area contributed by atoms with Crippen molar-refractivity contribution >= 4 is 34.6 Å². The average molecular weight is 331 g/mol. The van der Waals surface area contributed by atoms with Gasteiger partial charge >= 0.3 is 6.03 Å². The highest BCUT2D eigenvalue weighted by atomic mass is 32.1. The van der Waals surface area contributed by atoms with Gasteiger partial charge in [-0.25, -0.2) is 4.79 Å². The van der Waals surface area contributed by atoms with Gasteiger partial charge in [0.25, 0.3) is 5.91 Å². The molecule has 3 amide bonds. The first-order valence-corrected chi connectivity index (χ1v) is 8.44.